The number of amides is 1. The van der Waals surface area contributed by atoms with Crippen LogP contribution in [0.5, 0.6) is 5.75 Å². The molecule has 0 aliphatic heterocycles. The van der Waals surface area contributed by atoms with Crippen molar-refractivity contribution in [2.75, 3.05) is 19.7 Å². The fourth-order valence-electron chi connectivity index (χ4n) is 1.45. The molecule has 1 aromatic rings. The Morgan fingerprint density at radius 3 is 2.68 bits per heavy atom. The highest BCUT2D eigenvalue weighted by Gasteiger charge is 2.13. The lowest BCUT2D eigenvalue weighted by Gasteiger charge is -2.20. The normalized spacial score (nSPS) is 10.0. The molecule has 0 aromatic carbocycles. The minimum Gasteiger partial charge on any atom is -0.483 e. The molecule has 1 amide bonds. The summed E-state index contributed by atoms with van der Waals surface area (Å²) < 4.78 is 5.29. The van der Waals surface area contributed by atoms with E-state index in [1.807, 2.05) is 13.8 Å². The number of likely N-dealkylation sites (N-methyl/N-ethyl adjacent to an activating group) is 1. The third kappa shape index (κ3) is 4.75. The highest BCUT2D eigenvalue weighted by atomic mass is 32.1. The molecule has 0 bridgehead atoms. The number of thiophene rings is 1. The Morgan fingerprint density at radius 1 is 1.53 bits per heavy atom. The molecule has 5 nitrogen and oxygen atoms in total. The number of carbonyl (C=O) groups is 2. The maximum atomic E-state index is 11.9. The van der Waals surface area contributed by atoms with Crippen molar-refractivity contribution in [1.29, 1.82) is 0 Å². The molecule has 0 radical (unpaired) electrons. The molecular weight excluding hydrogens is 266 g/mol. The first kappa shape index (κ1) is 15.2. The second-order valence-corrected chi connectivity index (χ2v) is 5.02. The van der Waals surface area contributed by atoms with Gasteiger partial charge in [-0.2, -0.15) is 0 Å². The van der Waals surface area contributed by atoms with Gasteiger partial charge < -0.3 is 14.7 Å². The fraction of sp³-hybridized carbons (Fsp3) is 0.385. The van der Waals surface area contributed by atoms with Gasteiger partial charge in [-0.05, 0) is 13.8 Å². The molecule has 104 valence electrons. The van der Waals surface area contributed by atoms with Crippen LogP contribution < -0.4 is 4.74 Å². The number of hydrogen-bond donors (Lipinski definition) is 1. The second-order valence-electron chi connectivity index (χ2n) is 4.11. The lowest BCUT2D eigenvalue weighted by molar-refractivity contribution is -0.132. The van der Waals surface area contributed by atoms with E-state index in [1.54, 1.807) is 10.3 Å². The number of hydrogen-bond acceptors (Lipinski definition) is 4. The van der Waals surface area contributed by atoms with Crippen LogP contribution in [0.4, 0.5) is 0 Å². The lowest BCUT2D eigenvalue weighted by Crippen LogP contribution is -2.35. The monoisotopic (exact) mass is 283 g/mol. The van der Waals surface area contributed by atoms with Crippen LogP contribution in [0.1, 0.15) is 23.5 Å². The summed E-state index contributed by atoms with van der Waals surface area (Å²) in [6.07, 6.45) is 0. The minimum atomic E-state index is -0.997. The number of nitrogens with zero attached hydrogens (tertiary/aromatic N) is 1. The molecule has 1 heterocycles. The molecule has 0 atom stereocenters. The molecular formula is C13H17NO4S. The topological polar surface area (TPSA) is 66.8 Å². The van der Waals surface area contributed by atoms with E-state index in [9.17, 15) is 9.59 Å². The summed E-state index contributed by atoms with van der Waals surface area (Å²) in [6, 6.07) is 1.41. The number of aromatic carboxylic acids is 1. The summed E-state index contributed by atoms with van der Waals surface area (Å²) in [6.45, 7) is 8.49. The lowest BCUT2D eigenvalue weighted by atomic mass is 10.3. The van der Waals surface area contributed by atoms with Crippen molar-refractivity contribution in [3.05, 3.63) is 28.5 Å². The summed E-state index contributed by atoms with van der Waals surface area (Å²) in [5.41, 5.74) is 0.902. The third-order valence-electron chi connectivity index (χ3n) is 2.34. The highest BCUT2D eigenvalue weighted by molar-refractivity contribution is 7.12. The van der Waals surface area contributed by atoms with Gasteiger partial charge in [-0.1, -0.05) is 12.2 Å². The summed E-state index contributed by atoms with van der Waals surface area (Å²) in [7, 11) is 0. The van der Waals surface area contributed by atoms with E-state index < -0.39 is 5.97 Å². The zero-order chi connectivity index (χ0) is 14.4. The Hall–Kier alpha value is -1.82. The van der Waals surface area contributed by atoms with Crippen LogP contribution >= 0.6 is 11.3 Å². The van der Waals surface area contributed by atoms with Gasteiger partial charge >= 0.3 is 5.97 Å². The van der Waals surface area contributed by atoms with E-state index in [2.05, 4.69) is 6.58 Å². The van der Waals surface area contributed by atoms with Crippen LogP contribution in [0.25, 0.3) is 0 Å². The van der Waals surface area contributed by atoms with Crippen molar-refractivity contribution in [1.82, 2.24) is 4.90 Å². The van der Waals surface area contributed by atoms with Crippen molar-refractivity contribution >= 4 is 23.2 Å². The number of ether oxygens (including phenoxy) is 1. The van der Waals surface area contributed by atoms with Gasteiger partial charge in [0.25, 0.3) is 5.91 Å². The number of carboxylic acid groups (broad SMARTS) is 1. The van der Waals surface area contributed by atoms with Gasteiger partial charge in [0, 0.05) is 24.5 Å². The largest absolute Gasteiger partial charge is 0.483 e. The first-order valence-electron chi connectivity index (χ1n) is 5.80. The van der Waals surface area contributed by atoms with E-state index in [0.717, 1.165) is 16.9 Å². The number of carbonyl (C=O) groups excluding carboxylic acids is 1. The van der Waals surface area contributed by atoms with Crippen LogP contribution in [0.2, 0.25) is 0 Å². The van der Waals surface area contributed by atoms with Gasteiger partial charge in [-0.25, -0.2) is 4.79 Å². The highest BCUT2D eigenvalue weighted by Crippen LogP contribution is 2.21. The molecule has 0 aliphatic carbocycles. The van der Waals surface area contributed by atoms with E-state index in [-0.39, 0.29) is 17.4 Å². The fourth-order valence-corrected chi connectivity index (χ4v) is 2.11. The van der Waals surface area contributed by atoms with Crippen LogP contribution in [0.3, 0.4) is 0 Å². The summed E-state index contributed by atoms with van der Waals surface area (Å²) in [5, 5.41) is 10.3. The van der Waals surface area contributed by atoms with E-state index in [0.29, 0.717) is 18.8 Å². The maximum absolute atomic E-state index is 11.9. The van der Waals surface area contributed by atoms with Crippen molar-refractivity contribution in [2.24, 2.45) is 0 Å². The van der Waals surface area contributed by atoms with Crippen molar-refractivity contribution in [2.45, 2.75) is 13.8 Å². The average molecular weight is 283 g/mol. The van der Waals surface area contributed by atoms with E-state index >= 15 is 0 Å². The summed E-state index contributed by atoms with van der Waals surface area (Å²) in [4.78, 5) is 24.4. The van der Waals surface area contributed by atoms with Crippen LogP contribution in [-0.2, 0) is 4.79 Å². The van der Waals surface area contributed by atoms with Gasteiger partial charge in [0.15, 0.2) is 6.61 Å². The van der Waals surface area contributed by atoms with Crippen molar-refractivity contribution < 1.29 is 19.4 Å². The quantitative estimate of drug-likeness (QED) is 0.779. The minimum absolute atomic E-state index is 0.100. The van der Waals surface area contributed by atoms with Gasteiger partial charge in [-0.3, -0.25) is 4.79 Å². The zero-order valence-electron chi connectivity index (χ0n) is 11.0. The van der Waals surface area contributed by atoms with Gasteiger partial charge in [0.1, 0.15) is 10.6 Å². The van der Waals surface area contributed by atoms with Crippen molar-refractivity contribution in [3.8, 4) is 5.75 Å². The Labute approximate surface area is 116 Å². The Balaban J connectivity index is 2.52. The molecule has 1 rings (SSSR count). The molecule has 6 heteroatoms. The number of carboxylic acids is 1. The molecule has 0 unspecified atom stereocenters. The van der Waals surface area contributed by atoms with Crippen LogP contribution in [0.15, 0.2) is 23.6 Å². The summed E-state index contributed by atoms with van der Waals surface area (Å²) >= 11 is 1.07. The molecule has 0 fully saturated rings. The standard InChI is InChI=1S/C13H17NO4S/c1-4-14(6-9(2)3)12(15)7-18-10-5-11(13(16)17)19-8-10/h5,8H,2,4,6-7H2,1,3H3,(H,16,17). The molecule has 1 aromatic heterocycles. The van der Waals surface area contributed by atoms with E-state index in [4.69, 9.17) is 9.84 Å². The molecule has 0 aliphatic rings. The third-order valence-corrected chi connectivity index (χ3v) is 3.24. The van der Waals surface area contributed by atoms with Crippen molar-refractivity contribution in [3.63, 3.8) is 0 Å². The SMILES string of the molecule is C=C(C)CN(CC)C(=O)COc1csc(C(=O)O)c1. The molecule has 0 spiro atoms. The first-order chi connectivity index (χ1) is 8.93. The average Bonchev–Trinajstić information content (AvgIpc) is 2.81. The first-order valence-corrected chi connectivity index (χ1v) is 6.68. The molecule has 19 heavy (non-hydrogen) atoms. The Bertz CT molecular complexity index is 481. The van der Waals surface area contributed by atoms with Gasteiger partial charge in [0.05, 0.1) is 0 Å². The Kier molecular flexibility index (Phi) is 5.57. The molecule has 0 saturated heterocycles. The smallest absolute Gasteiger partial charge is 0.346 e. The second kappa shape index (κ2) is 6.94. The molecule has 0 saturated carbocycles. The van der Waals surface area contributed by atoms with Crippen LogP contribution in [-0.4, -0.2) is 41.6 Å². The van der Waals surface area contributed by atoms with Gasteiger partial charge in [-0.15, -0.1) is 11.3 Å². The number of rotatable bonds is 7. The Morgan fingerprint density at radius 2 is 2.21 bits per heavy atom. The molecule has 1 N–H and O–H groups in total. The zero-order valence-corrected chi connectivity index (χ0v) is 11.8. The van der Waals surface area contributed by atoms with E-state index in [1.165, 1.54) is 6.07 Å². The predicted octanol–water partition coefficient (Wildman–Crippen LogP) is 2.25. The maximum Gasteiger partial charge on any atom is 0.346 e. The van der Waals surface area contributed by atoms with Gasteiger partial charge in [0.2, 0.25) is 0 Å². The summed E-state index contributed by atoms with van der Waals surface area (Å²) in [5.74, 6) is -0.737. The van der Waals surface area contributed by atoms with Crippen LogP contribution in [0, 0.1) is 0 Å². The predicted molar refractivity (Wildman–Crippen MR) is 73.8 cm³/mol.